The minimum Gasteiger partial charge on any atom is -0.383 e. The Hall–Kier alpha value is -2.25. The van der Waals surface area contributed by atoms with Crippen LogP contribution in [0.3, 0.4) is 0 Å². The van der Waals surface area contributed by atoms with Crippen LogP contribution < -0.4 is 27.2 Å². The fourth-order valence-corrected chi connectivity index (χ4v) is 4.15. The molecule has 31 heavy (non-hydrogen) atoms. The van der Waals surface area contributed by atoms with Crippen molar-refractivity contribution in [1.29, 1.82) is 0 Å². The van der Waals surface area contributed by atoms with E-state index in [0.717, 1.165) is 44.9 Å². The number of carbonyl (C=O) groups is 1. The van der Waals surface area contributed by atoms with Gasteiger partial charge in [-0.05, 0) is 31.6 Å². The first-order valence-electron chi connectivity index (χ1n) is 12.0. The number of hydrogen-bond donors (Lipinski definition) is 3. The summed E-state index contributed by atoms with van der Waals surface area (Å²) in [5.41, 5.74) is 5.50. The van der Waals surface area contributed by atoms with Crippen LogP contribution in [0.2, 0.25) is 0 Å². The maximum absolute atomic E-state index is 12.9. The van der Waals surface area contributed by atoms with Crippen LogP contribution in [0, 0.1) is 5.92 Å². The van der Waals surface area contributed by atoms with Gasteiger partial charge in [0, 0.05) is 19.1 Å². The van der Waals surface area contributed by atoms with Crippen LogP contribution in [-0.2, 0) is 11.3 Å². The third-order valence-corrected chi connectivity index (χ3v) is 6.05. The number of H-pyrrole nitrogens is 1. The first kappa shape index (κ1) is 25.0. The minimum absolute atomic E-state index is 0.0580. The molecule has 1 aromatic rings. The number of anilines is 2. The zero-order valence-electron chi connectivity index (χ0n) is 19.5. The fraction of sp³-hybridized carbons (Fsp3) is 0.783. The van der Waals surface area contributed by atoms with Crippen LogP contribution in [0.15, 0.2) is 9.59 Å². The van der Waals surface area contributed by atoms with Crippen molar-refractivity contribution in [2.24, 2.45) is 5.92 Å². The number of nitrogen functional groups attached to an aromatic ring is 1. The van der Waals surface area contributed by atoms with E-state index >= 15 is 0 Å². The maximum atomic E-state index is 12.9. The van der Waals surface area contributed by atoms with E-state index in [1.54, 1.807) is 4.90 Å². The Bertz CT molecular complexity index is 806. The fourth-order valence-electron chi connectivity index (χ4n) is 4.15. The molecule has 0 aliphatic heterocycles. The Labute approximate surface area is 185 Å². The number of amides is 1. The normalized spacial score (nSPS) is 15.5. The molecule has 1 fully saturated rings. The number of rotatable bonds is 10. The Morgan fingerprint density at radius 3 is 2.45 bits per heavy atom. The van der Waals surface area contributed by atoms with Gasteiger partial charge in [0.1, 0.15) is 11.5 Å². The lowest BCUT2D eigenvalue weighted by Crippen LogP contribution is -2.46. The van der Waals surface area contributed by atoms with Crippen molar-refractivity contribution in [2.45, 2.75) is 97.6 Å². The molecule has 0 bridgehead atoms. The summed E-state index contributed by atoms with van der Waals surface area (Å²) in [6, 6.07) is 0.189. The summed E-state index contributed by atoms with van der Waals surface area (Å²) in [4.78, 5) is 42.0. The molecular formula is C23H41N5O3. The Balaban J connectivity index is 2.24. The number of nitrogens with one attached hydrogen (secondary N) is 2. The van der Waals surface area contributed by atoms with E-state index in [4.69, 9.17) is 5.73 Å². The van der Waals surface area contributed by atoms with E-state index in [2.05, 4.69) is 24.1 Å². The predicted octanol–water partition coefficient (Wildman–Crippen LogP) is 3.00. The van der Waals surface area contributed by atoms with Crippen LogP contribution in [0.1, 0.15) is 85.0 Å². The second kappa shape index (κ2) is 12.6. The van der Waals surface area contributed by atoms with Gasteiger partial charge >= 0.3 is 5.69 Å². The lowest BCUT2D eigenvalue weighted by molar-refractivity contribution is -0.120. The van der Waals surface area contributed by atoms with Crippen molar-refractivity contribution in [1.82, 2.24) is 14.9 Å². The van der Waals surface area contributed by atoms with Crippen molar-refractivity contribution >= 4 is 17.4 Å². The van der Waals surface area contributed by atoms with Crippen molar-refractivity contribution < 1.29 is 4.79 Å². The van der Waals surface area contributed by atoms with Crippen molar-refractivity contribution in [3.63, 3.8) is 0 Å². The molecule has 0 aromatic carbocycles. The zero-order chi connectivity index (χ0) is 22.8. The second-order valence-electron chi connectivity index (χ2n) is 9.21. The minimum atomic E-state index is -0.530. The Morgan fingerprint density at radius 2 is 1.84 bits per heavy atom. The van der Waals surface area contributed by atoms with E-state index in [1.165, 1.54) is 23.8 Å². The van der Waals surface area contributed by atoms with Gasteiger partial charge in [0.15, 0.2) is 0 Å². The van der Waals surface area contributed by atoms with E-state index in [9.17, 15) is 14.4 Å². The first-order chi connectivity index (χ1) is 14.8. The highest BCUT2D eigenvalue weighted by atomic mass is 16.2. The topological polar surface area (TPSA) is 113 Å². The van der Waals surface area contributed by atoms with Gasteiger partial charge in [-0.1, -0.05) is 59.3 Å². The monoisotopic (exact) mass is 435 g/mol. The molecule has 1 aliphatic rings. The summed E-state index contributed by atoms with van der Waals surface area (Å²) in [6.45, 7) is 7.25. The highest BCUT2D eigenvalue weighted by Gasteiger charge is 2.22. The zero-order valence-corrected chi connectivity index (χ0v) is 19.5. The number of aromatic amines is 1. The Kier molecular flexibility index (Phi) is 10.1. The molecule has 0 radical (unpaired) electrons. The highest BCUT2D eigenvalue weighted by molar-refractivity contribution is 5.82. The summed E-state index contributed by atoms with van der Waals surface area (Å²) in [5, 5.41) is 3.17. The van der Waals surface area contributed by atoms with Gasteiger partial charge in [-0.3, -0.25) is 19.1 Å². The molecule has 8 heteroatoms. The van der Waals surface area contributed by atoms with Crippen LogP contribution in [0.4, 0.5) is 11.5 Å². The maximum Gasteiger partial charge on any atom is 0.330 e. The van der Waals surface area contributed by atoms with E-state index < -0.39 is 11.2 Å². The molecular weight excluding hydrogens is 394 g/mol. The van der Waals surface area contributed by atoms with Crippen molar-refractivity contribution in [2.75, 3.05) is 23.7 Å². The van der Waals surface area contributed by atoms with Crippen LogP contribution in [-0.4, -0.2) is 34.6 Å². The molecule has 176 valence electrons. The quantitative estimate of drug-likeness (QED) is 0.523. The smallest absolute Gasteiger partial charge is 0.330 e. The van der Waals surface area contributed by atoms with Gasteiger partial charge in [-0.2, -0.15) is 0 Å². The summed E-state index contributed by atoms with van der Waals surface area (Å²) in [6.07, 6.45) is 10.5. The van der Waals surface area contributed by atoms with E-state index in [1.807, 2.05) is 6.92 Å². The predicted molar refractivity (Wildman–Crippen MR) is 127 cm³/mol. The van der Waals surface area contributed by atoms with Gasteiger partial charge in [0.05, 0.1) is 6.54 Å². The summed E-state index contributed by atoms with van der Waals surface area (Å²) < 4.78 is 1.41. The molecule has 0 spiro atoms. The molecule has 1 aliphatic carbocycles. The van der Waals surface area contributed by atoms with Crippen LogP contribution in [0.5, 0.6) is 0 Å². The molecule has 0 saturated heterocycles. The van der Waals surface area contributed by atoms with Crippen LogP contribution >= 0.6 is 0 Å². The number of carbonyl (C=O) groups excluding carboxylic acids is 1. The molecule has 8 nitrogen and oxygen atoms in total. The van der Waals surface area contributed by atoms with Gasteiger partial charge in [-0.25, -0.2) is 4.79 Å². The van der Waals surface area contributed by atoms with Crippen molar-refractivity contribution in [3.8, 4) is 0 Å². The Morgan fingerprint density at radius 1 is 1.19 bits per heavy atom. The largest absolute Gasteiger partial charge is 0.383 e. The average Bonchev–Trinajstić information content (AvgIpc) is 2.67. The molecule has 1 saturated carbocycles. The molecule has 1 heterocycles. The van der Waals surface area contributed by atoms with Crippen molar-refractivity contribution in [3.05, 3.63) is 20.8 Å². The van der Waals surface area contributed by atoms with Gasteiger partial charge in [0.25, 0.3) is 5.56 Å². The number of nitrogens with two attached hydrogens (primary N) is 1. The van der Waals surface area contributed by atoms with Gasteiger partial charge in [0.2, 0.25) is 5.91 Å². The molecule has 2 rings (SSSR count). The number of hydrogen-bond acceptors (Lipinski definition) is 5. The van der Waals surface area contributed by atoms with E-state index in [-0.39, 0.29) is 30.0 Å². The highest BCUT2D eigenvalue weighted by Crippen LogP contribution is 2.20. The summed E-state index contributed by atoms with van der Waals surface area (Å²) in [5.74, 6) is 0.451. The average molecular weight is 436 g/mol. The molecule has 1 aromatic heterocycles. The van der Waals surface area contributed by atoms with Gasteiger partial charge < -0.3 is 16.0 Å². The third kappa shape index (κ3) is 7.74. The molecule has 1 amide bonds. The summed E-state index contributed by atoms with van der Waals surface area (Å²) >= 11 is 0. The van der Waals surface area contributed by atoms with E-state index in [0.29, 0.717) is 19.0 Å². The summed E-state index contributed by atoms with van der Waals surface area (Å²) in [7, 11) is 0. The lowest BCUT2D eigenvalue weighted by atomic mass is 9.97. The molecule has 0 atom stereocenters. The second-order valence-corrected chi connectivity index (χ2v) is 9.21. The number of nitrogens with zero attached hydrogens (tertiary/aromatic N) is 2. The third-order valence-electron chi connectivity index (χ3n) is 6.05. The molecule has 4 N–H and O–H groups in total. The number of aromatic nitrogens is 2. The van der Waals surface area contributed by atoms with Crippen LogP contribution in [0.25, 0.3) is 0 Å². The standard InChI is InChI=1S/C23H41N5O3/c1-4-5-14-28-21(24)20(22(30)26-23(28)31)27(15-13-17(2)3)16-19(29)25-18-11-9-7-6-8-10-12-18/h17-18H,4-16,24H2,1-3H3,(H,25,29)(H,26,30,31). The lowest BCUT2D eigenvalue weighted by Gasteiger charge is -2.28. The van der Waals surface area contributed by atoms with Gasteiger partial charge in [-0.15, -0.1) is 0 Å². The molecule has 0 unspecified atom stereocenters. The first-order valence-corrected chi connectivity index (χ1v) is 12.0. The SMILES string of the molecule is CCCCn1c(N)c(N(CCC(C)C)CC(=O)NC2CCCCCCC2)c(=O)[nH]c1=O. The number of unbranched alkanes of at least 4 members (excludes halogenated alkanes) is 1.